The first-order valence-electron chi connectivity index (χ1n) is 6.89. The topological polar surface area (TPSA) is 24.9 Å². The predicted octanol–water partition coefficient (Wildman–Crippen LogP) is 4.92. The minimum Gasteiger partial charge on any atom is -0.310 e. The minimum absolute atomic E-state index is 0.141. The van der Waals surface area contributed by atoms with E-state index < -0.39 is 0 Å². The largest absolute Gasteiger partial charge is 0.310 e. The summed E-state index contributed by atoms with van der Waals surface area (Å²) in [4.78, 5) is 4.36. The first-order chi connectivity index (χ1) is 10.1. The lowest BCUT2D eigenvalue weighted by molar-refractivity contribution is 0.493. The van der Waals surface area contributed by atoms with Crippen molar-refractivity contribution in [3.63, 3.8) is 0 Å². The molecule has 1 aromatic carbocycles. The highest BCUT2D eigenvalue weighted by Gasteiger charge is 2.17. The Morgan fingerprint density at radius 2 is 2.14 bits per heavy atom. The number of aromatic nitrogens is 1. The van der Waals surface area contributed by atoms with Crippen LogP contribution in [0.3, 0.4) is 0 Å². The van der Waals surface area contributed by atoms with Crippen molar-refractivity contribution in [1.29, 1.82) is 0 Å². The number of hydrogen-bond acceptors (Lipinski definition) is 2. The molecule has 0 amide bonds. The van der Waals surface area contributed by atoms with Crippen molar-refractivity contribution >= 4 is 27.5 Å². The van der Waals surface area contributed by atoms with Crippen molar-refractivity contribution in [3.05, 3.63) is 63.1 Å². The van der Waals surface area contributed by atoms with E-state index in [1.165, 1.54) is 6.07 Å². The Balaban J connectivity index is 2.25. The molecule has 2 nitrogen and oxygen atoms in total. The first kappa shape index (κ1) is 16.4. The molecule has 0 aliphatic rings. The molecule has 21 heavy (non-hydrogen) atoms. The van der Waals surface area contributed by atoms with E-state index in [9.17, 15) is 4.39 Å². The zero-order valence-electron chi connectivity index (χ0n) is 11.7. The number of nitrogens with one attached hydrogen (secondary N) is 1. The number of hydrogen-bond donors (Lipinski definition) is 1. The molecule has 0 aliphatic carbocycles. The molecule has 1 N–H and O–H groups in total. The van der Waals surface area contributed by atoms with E-state index >= 15 is 0 Å². The maximum atomic E-state index is 14.1. The summed E-state index contributed by atoms with van der Waals surface area (Å²) < 4.78 is 15.0. The molecule has 0 aliphatic heterocycles. The van der Waals surface area contributed by atoms with Crippen molar-refractivity contribution < 1.29 is 4.39 Å². The number of nitrogens with zero attached hydrogens (tertiary/aromatic N) is 1. The molecule has 1 aromatic heterocycles. The van der Waals surface area contributed by atoms with Gasteiger partial charge in [-0.25, -0.2) is 4.39 Å². The van der Waals surface area contributed by atoms with Crippen molar-refractivity contribution in [3.8, 4) is 0 Å². The summed E-state index contributed by atoms with van der Waals surface area (Å²) in [5.41, 5.74) is 1.49. The van der Waals surface area contributed by atoms with Gasteiger partial charge in [0.25, 0.3) is 0 Å². The molecule has 0 bridgehead atoms. The fourth-order valence-electron chi connectivity index (χ4n) is 2.13. The van der Waals surface area contributed by atoms with Gasteiger partial charge in [-0.15, -0.1) is 0 Å². The molecule has 1 atom stereocenters. The van der Waals surface area contributed by atoms with Gasteiger partial charge in [0.15, 0.2) is 0 Å². The summed E-state index contributed by atoms with van der Waals surface area (Å²) in [5.74, 6) is -0.245. The van der Waals surface area contributed by atoms with E-state index in [2.05, 4.69) is 33.2 Å². The van der Waals surface area contributed by atoms with Gasteiger partial charge in [-0.2, -0.15) is 0 Å². The van der Waals surface area contributed by atoms with Gasteiger partial charge in [-0.05, 0) is 59.2 Å². The Morgan fingerprint density at radius 3 is 2.81 bits per heavy atom. The molecule has 2 aromatic rings. The molecule has 0 saturated carbocycles. The molecule has 0 saturated heterocycles. The van der Waals surface area contributed by atoms with Gasteiger partial charge >= 0.3 is 0 Å². The Kier molecular flexibility index (Phi) is 6.15. The maximum absolute atomic E-state index is 14.1. The summed E-state index contributed by atoms with van der Waals surface area (Å²) >= 11 is 9.37. The third-order valence-electron chi connectivity index (χ3n) is 3.18. The SMILES string of the molecule is CCCNC(Cc1ccc(Br)cn1)c1cc(Cl)ccc1F. The molecule has 112 valence electrons. The molecule has 2 rings (SSSR count). The molecule has 0 fully saturated rings. The second-order valence-corrected chi connectivity index (χ2v) is 6.20. The monoisotopic (exact) mass is 370 g/mol. The third kappa shape index (κ3) is 4.77. The van der Waals surface area contributed by atoms with Crippen LogP contribution in [0, 0.1) is 5.82 Å². The van der Waals surface area contributed by atoms with E-state index in [0.717, 1.165) is 23.1 Å². The zero-order chi connectivity index (χ0) is 15.2. The lowest BCUT2D eigenvalue weighted by Crippen LogP contribution is -2.25. The highest BCUT2D eigenvalue weighted by Crippen LogP contribution is 2.24. The predicted molar refractivity (Wildman–Crippen MR) is 88.1 cm³/mol. The van der Waals surface area contributed by atoms with Crippen LogP contribution in [0.5, 0.6) is 0 Å². The van der Waals surface area contributed by atoms with E-state index in [1.54, 1.807) is 18.3 Å². The van der Waals surface area contributed by atoms with Crippen molar-refractivity contribution in [2.75, 3.05) is 6.54 Å². The van der Waals surface area contributed by atoms with Gasteiger partial charge in [-0.1, -0.05) is 18.5 Å². The van der Waals surface area contributed by atoms with Gasteiger partial charge in [0.1, 0.15) is 5.82 Å². The van der Waals surface area contributed by atoms with Gasteiger partial charge in [-0.3, -0.25) is 4.98 Å². The fourth-order valence-corrected chi connectivity index (χ4v) is 2.54. The molecular formula is C16H17BrClFN2. The number of rotatable bonds is 6. The number of halogens is 3. The highest BCUT2D eigenvalue weighted by atomic mass is 79.9. The van der Waals surface area contributed by atoms with Crippen LogP contribution in [-0.2, 0) is 6.42 Å². The van der Waals surface area contributed by atoms with Crippen molar-refractivity contribution in [2.24, 2.45) is 0 Å². The van der Waals surface area contributed by atoms with E-state index in [4.69, 9.17) is 11.6 Å². The molecule has 1 unspecified atom stereocenters. The standard InChI is InChI=1S/C16H17BrClFN2/c1-2-7-20-16(9-13-5-3-11(17)10-21-13)14-8-12(18)4-6-15(14)19/h3-6,8,10,16,20H,2,7,9H2,1H3. The van der Waals surface area contributed by atoms with Crippen molar-refractivity contribution in [1.82, 2.24) is 10.3 Å². The second kappa shape index (κ2) is 7.87. The van der Waals surface area contributed by atoms with Crippen LogP contribution in [-0.4, -0.2) is 11.5 Å². The van der Waals surface area contributed by atoms with E-state index in [0.29, 0.717) is 17.0 Å². The molecule has 5 heteroatoms. The Bertz CT molecular complexity index is 589. The molecule has 1 heterocycles. The van der Waals surface area contributed by atoms with Crippen molar-refractivity contribution in [2.45, 2.75) is 25.8 Å². The minimum atomic E-state index is -0.245. The summed E-state index contributed by atoms with van der Waals surface area (Å²) in [5, 5.41) is 3.91. The van der Waals surface area contributed by atoms with Gasteiger partial charge in [0.2, 0.25) is 0 Å². The summed E-state index contributed by atoms with van der Waals surface area (Å²) in [7, 11) is 0. The Labute approximate surface area is 137 Å². The maximum Gasteiger partial charge on any atom is 0.128 e. The van der Waals surface area contributed by atoms with Crippen LogP contribution in [0.15, 0.2) is 41.0 Å². The van der Waals surface area contributed by atoms with E-state index in [-0.39, 0.29) is 11.9 Å². The fraction of sp³-hybridized carbons (Fsp3) is 0.312. The van der Waals surface area contributed by atoms with Gasteiger partial charge < -0.3 is 5.32 Å². The van der Waals surface area contributed by atoms with Gasteiger partial charge in [0, 0.05) is 39.4 Å². The summed E-state index contributed by atoms with van der Waals surface area (Å²) in [6.45, 7) is 2.89. The number of pyridine rings is 1. The quantitative estimate of drug-likeness (QED) is 0.779. The zero-order valence-corrected chi connectivity index (χ0v) is 14.1. The van der Waals surface area contributed by atoms with Crippen LogP contribution in [0.4, 0.5) is 4.39 Å². The van der Waals surface area contributed by atoms with Crippen LogP contribution in [0.25, 0.3) is 0 Å². The number of benzene rings is 1. The average molecular weight is 372 g/mol. The third-order valence-corrected chi connectivity index (χ3v) is 3.88. The molecule has 0 spiro atoms. The lowest BCUT2D eigenvalue weighted by Gasteiger charge is -2.19. The summed E-state index contributed by atoms with van der Waals surface area (Å²) in [6.07, 6.45) is 3.34. The summed E-state index contributed by atoms with van der Waals surface area (Å²) in [6, 6.07) is 8.39. The Hall–Kier alpha value is -0.970. The van der Waals surface area contributed by atoms with Crippen LogP contribution >= 0.6 is 27.5 Å². The highest BCUT2D eigenvalue weighted by molar-refractivity contribution is 9.10. The van der Waals surface area contributed by atoms with Crippen LogP contribution in [0.2, 0.25) is 5.02 Å². The van der Waals surface area contributed by atoms with Crippen LogP contribution in [0.1, 0.15) is 30.6 Å². The lowest BCUT2D eigenvalue weighted by atomic mass is 10.0. The average Bonchev–Trinajstić information content (AvgIpc) is 2.48. The molecular weight excluding hydrogens is 355 g/mol. The first-order valence-corrected chi connectivity index (χ1v) is 8.06. The normalized spacial score (nSPS) is 12.4. The van der Waals surface area contributed by atoms with Crippen LogP contribution < -0.4 is 5.32 Å². The smallest absolute Gasteiger partial charge is 0.128 e. The van der Waals surface area contributed by atoms with E-state index in [1.807, 2.05) is 12.1 Å². The Morgan fingerprint density at radius 1 is 1.33 bits per heavy atom. The van der Waals surface area contributed by atoms with Gasteiger partial charge in [0.05, 0.1) is 0 Å². The molecule has 0 radical (unpaired) electrons. The second-order valence-electron chi connectivity index (χ2n) is 4.84.